The van der Waals surface area contributed by atoms with Crippen LogP contribution in [0.15, 0.2) is 0 Å². The van der Waals surface area contributed by atoms with Gasteiger partial charge in [-0.25, -0.2) is 0 Å². The van der Waals surface area contributed by atoms with E-state index in [1.54, 1.807) is 0 Å². The van der Waals surface area contributed by atoms with E-state index in [-0.39, 0.29) is 18.3 Å². The van der Waals surface area contributed by atoms with Gasteiger partial charge in [-0.2, -0.15) is 0 Å². The molecule has 3 atom stereocenters. The van der Waals surface area contributed by atoms with Crippen LogP contribution in [0.5, 0.6) is 0 Å². The highest BCUT2D eigenvalue weighted by molar-refractivity contribution is 4.90. The standard InChI is InChI=1S/C9H17NO3/c1-9(2)12-6-3-4-11-7(5-10)8(6)13-9/h6-8H,3-5,10H2,1-2H3/t6-,7?,8?/m1/s1. The molecule has 2 aliphatic heterocycles. The maximum absolute atomic E-state index is 5.73. The molecule has 2 fully saturated rings. The average Bonchev–Trinajstić information content (AvgIpc) is 2.37. The third kappa shape index (κ3) is 1.72. The summed E-state index contributed by atoms with van der Waals surface area (Å²) in [5.74, 6) is -0.476. The number of hydrogen-bond donors (Lipinski definition) is 1. The summed E-state index contributed by atoms with van der Waals surface area (Å²) >= 11 is 0. The molecule has 4 heteroatoms. The van der Waals surface area contributed by atoms with Crippen LogP contribution in [0, 0.1) is 0 Å². The molecule has 2 aliphatic rings. The van der Waals surface area contributed by atoms with Gasteiger partial charge in [-0.1, -0.05) is 0 Å². The smallest absolute Gasteiger partial charge is 0.163 e. The molecule has 0 amide bonds. The highest BCUT2D eigenvalue weighted by atomic mass is 16.8. The average molecular weight is 187 g/mol. The van der Waals surface area contributed by atoms with Gasteiger partial charge in [-0.05, 0) is 20.3 Å². The van der Waals surface area contributed by atoms with Gasteiger partial charge < -0.3 is 19.9 Å². The number of ether oxygens (including phenoxy) is 3. The van der Waals surface area contributed by atoms with E-state index in [0.29, 0.717) is 6.54 Å². The van der Waals surface area contributed by atoms with Crippen LogP contribution in [0.4, 0.5) is 0 Å². The largest absolute Gasteiger partial charge is 0.374 e. The van der Waals surface area contributed by atoms with Gasteiger partial charge in [-0.15, -0.1) is 0 Å². The quantitative estimate of drug-likeness (QED) is 0.639. The molecule has 0 saturated carbocycles. The van der Waals surface area contributed by atoms with Crippen molar-refractivity contribution >= 4 is 0 Å². The van der Waals surface area contributed by atoms with Crippen LogP contribution in [-0.4, -0.2) is 37.3 Å². The fourth-order valence-corrected chi connectivity index (χ4v) is 2.03. The molecule has 0 aromatic heterocycles. The molecule has 0 bridgehead atoms. The first-order chi connectivity index (χ1) is 6.12. The van der Waals surface area contributed by atoms with Crippen molar-refractivity contribution in [2.75, 3.05) is 13.2 Å². The van der Waals surface area contributed by atoms with Crippen LogP contribution in [0.3, 0.4) is 0 Å². The van der Waals surface area contributed by atoms with E-state index < -0.39 is 5.79 Å². The van der Waals surface area contributed by atoms with Gasteiger partial charge in [0.15, 0.2) is 5.79 Å². The van der Waals surface area contributed by atoms with Gasteiger partial charge in [0.25, 0.3) is 0 Å². The van der Waals surface area contributed by atoms with Gasteiger partial charge >= 0.3 is 0 Å². The van der Waals surface area contributed by atoms with Crippen molar-refractivity contribution in [3.8, 4) is 0 Å². The van der Waals surface area contributed by atoms with E-state index in [9.17, 15) is 0 Å². The Kier molecular flexibility index (Phi) is 2.32. The molecule has 0 radical (unpaired) electrons. The van der Waals surface area contributed by atoms with E-state index >= 15 is 0 Å². The predicted octanol–water partition coefficient (Wildman–Crippen LogP) is 0.254. The summed E-state index contributed by atoms with van der Waals surface area (Å²) in [4.78, 5) is 0. The number of fused-ring (bicyclic) bond motifs is 1. The van der Waals surface area contributed by atoms with Crippen molar-refractivity contribution in [1.29, 1.82) is 0 Å². The topological polar surface area (TPSA) is 53.7 Å². The summed E-state index contributed by atoms with van der Waals surface area (Å²) in [5, 5.41) is 0. The molecule has 2 saturated heterocycles. The lowest BCUT2D eigenvalue weighted by Gasteiger charge is -2.30. The summed E-state index contributed by atoms with van der Waals surface area (Å²) in [6.45, 7) is 5.08. The molecule has 0 aromatic carbocycles. The maximum atomic E-state index is 5.73. The first kappa shape index (κ1) is 9.40. The summed E-state index contributed by atoms with van der Waals surface area (Å²) in [5.41, 5.74) is 5.59. The summed E-state index contributed by atoms with van der Waals surface area (Å²) in [7, 11) is 0. The van der Waals surface area contributed by atoms with Crippen LogP contribution in [0.1, 0.15) is 20.3 Å². The van der Waals surface area contributed by atoms with Crippen molar-refractivity contribution in [3.63, 3.8) is 0 Å². The Morgan fingerprint density at radius 3 is 2.85 bits per heavy atom. The number of rotatable bonds is 1. The molecular formula is C9H17NO3. The first-order valence-electron chi connectivity index (χ1n) is 4.80. The van der Waals surface area contributed by atoms with E-state index in [1.165, 1.54) is 0 Å². The van der Waals surface area contributed by atoms with Gasteiger partial charge in [0, 0.05) is 13.2 Å². The summed E-state index contributed by atoms with van der Waals surface area (Å²) in [6, 6.07) is 0. The molecule has 2 rings (SSSR count). The molecule has 0 aromatic rings. The van der Waals surface area contributed by atoms with Crippen LogP contribution in [0.2, 0.25) is 0 Å². The molecule has 0 spiro atoms. The Morgan fingerprint density at radius 2 is 2.15 bits per heavy atom. The molecule has 4 nitrogen and oxygen atoms in total. The maximum Gasteiger partial charge on any atom is 0.163 e. The lowest BCUT2D eigenvalue weighted by Crippen LogP contribution is -2.46. The molecule has 0 aliphatic carbocycles. The highest BCUT2D eigenvalue weighted by Gasteiger charge is 2.46. The molecule has 2 N–H and O–H groups in total. The fraction of sp³-hybridized carbons (Fsp3) is 1.00. The minimum atomic E-state index is -0.476. The van der Waals surface area contributed by atoms with Crippen molar-refractivity contribution < 1.29 is 14.2 Å². The summed E-state index contributed by atoms with van der Waals surface area (Å²) in [6.07, 6.45) is 1.09. The SMILES string of the molecule is CC1(C)OC2C(CN)OCC[C@H]2O1. The van der Waals surface area contributed by atoms with Gasteiger partial charge in [-0.3, -0.25) is 0 Å². The zero-order valence-electron chi connectivity index (χ0n) is 8.16. The zero-order chi connectivity index (χ0) is 9.47. The summed E-state index contributed by atoms with van der Waals surface area (Å²) < 4.78 is 17.0. The molecule has 13 heavy (non-hydrogen) atoms. The van der Waals surface area contributed by atoms with Gasteiger partial charge in [0.1, 0.15) is 6.10 Å². The van der Waals surface area contributed by atoms with E-state index in [0.717, 1.165) is 13.0 Å². The normalized spacial score (nSPS) is 43.2. The number of hydrogen-bond acceptors (Lipinski definition) is 4. The Balaban J connectivity index is 2.08. The molecular weight excluding hydrogens is 170 g/mol. The van der Waals surface area contributed by atoms with Crippen LogP contribution in [0.25, 0.3) is 0 Å². The predicted molar refractivity (Wildman–Crippen MR) is 47.2 cm³/mol. The van der Waals surface area contributed by atoms with Gasteiger partial charge in [0.05, 0.1) is 12.2 Å². The van der Waals surface area contributed by atoms with Crippen molar-refractivity contribution in [3.05, 3.63) is 0 Å². The Morgan fingerprint density at radius 1 is 1.38 bits per heavy atom. The minimum Gasteiger partial charge on any atom is -0.374 e. The fourth-order valence-electron chi connectivity index (χ4n) is 2.03. The van der Waals surface area contributed by atoms with E-state index in [2.05, 4.69) is 0 Å². The first-order valence-corrected chi connectivity index (χ1v) is 4.80. The van der Waals surface area contributed by atoms with Gasteiger partial charge in [0.2, 0.25) is 0 Å². The zero-order valence-corrected chi connectivity index (χ0v) is 8.16. The van der Waals surface area contributed by atoms with Crippen LogP contribution < -0.4 is 5.73 Å². The Bertz CT molecular complexity index is 195. The second kappa shape index (κ2) is 3.20. The highest BCUT2D eigenvalue weighted by Crippen LogP contribution is 2.34. The van der Waals surface area contributed by atoms with Crippen molar-refractivity contribution in [2.45, 2.75) is 44.4 Å². The lowest BCUT2D eigenvalue weighted by atomic mass is 10.0. The molecule has 76 valence electrons. The minimum absolute atomic E-state index is 0.000486. The third-order valence-corrected chi connectivity index (χ3v) is 2.55. The van der Waals surface area contributed by atoms with Crippen LogP contribution >= 0.6 is 0 Å². The molecule has 2 heterocycles. The monoisotopic (exact) mass is 187 g/mol. The second-order valence-electron chi connectivity index (χ2n) is 4.07. The van der Waals surface area contributed by atoms with Crippen molar-refractivity contribution in [2.24, 2.45) is 5.73 Å². The molecule has 2 unspecified atom stereocenters. The van der Waals surface area contributed by atoms with Crippen LogP contribution in [-0.2, 0) is 14.2 Å². The Hall–Kier alpha value is -0.160. The van der Waals surface area contributed by atoms with E-state index in [1.807, 2.05) is 13.8 Å². The van der Waals surface area contributed by atoms with Crippen molar-refractivity contribution in [1.82, 2.24) is 0 Å². The second-order valence-corrected chi connectivity index (χ2v) is 4.07. The van der Waals surface area contributed by atoms with E-state index in [4.69, 9.17) is 19.9 Å². The Labute approximate surface area is 78.3 Å². The third-order valence-electron chi connectivity index (χ3n) is 2.55. The number of nitrogens with two attached hydrogens (primary N) is 1. The lowest BCUT2D eigenvalue weighted by molar-refractivity contribution is -0.152.